The van der Waals surface area contributed by atoms with E-state index < -0.39 is 0 Å². The Balaban J connectivity index is 1.08. The fourth-order valence-electron chi connectivity index (χ4n) is 8.94. The van der Waals surface area contributed by atoms with E-state index in [9.17, 15) is 0 Å². The Labute approximate surface area is 332 Å². The summed E-state index contributed by atoms with van der Waals surface area (Å²) < 4.78 is 0. The average Bonchev–Trinajstić information content (AvgIpc) is 3.29. The topological polar surface area (TPSA) is 3.24 Å². The summed E-state index contributed by atoms with van der Waals surface area (Å²) in [4.78, 5) is 2.42. The summed E-state index contributed by atoms with van der Waals surface area (Å²) in [6, 6.07) is 82.0. The van der Waals surface area contributed by atoms with Crippen molar-refractivity contribution >= 4 is 70.9 Å². The van der Waals surface area contributed by atoms with Gasteiger partial charge in [0.2, 0.25) is 0 Å². The second-order valence-corrected chi connectivity index (χ2v) is 14.9. The fraction of sp³-hybridized carbons (Fsp3) is 0. The first kappa shape index (κ1) is 32.9. The Morgan fingerprint density at radius 1 is 0.228 bits per heavy atom. The molecule has 0 fully saturated rings. The molecule has 11 aromatic carbocycles. The molecule has 0 N–H and O–H groups in total. The van der Waals surface area contributed by atoms with Gasteiger partial charge in [0, 0.05) is 16.9 Å². The van der Waals surface area contributed by atoms with Crippen LogP contribution in [0.5, 0.6) is 0 Å². The van der Waals surface area contributed by atoms with Gasteiger partial charge in [0.15, 0.2) is 0 Å². The first-order valence-corrected chi connectivity index (χ1v) is 19.7. The summed E-state index contributed by atoms with van der Waals surface area (Å²) in [7, 11) is 0. The lowest BCUT2D eigenvalue weighted by molar-refractivity contribution is 1.28. The molecule has 266 valence electrons. The van der Waals surface area contributed by atoms with Gasteiger partial charge in [0.1, 0.15) is 0 Å². The molecular formula is C56H37N. The Kier molecular flexibility index (Phi) is 7.89. The monoisotopic (exact) mass is 723 g/mol. The third-order valence-corrected chi connectivity index (χ3v) is 11.7. The molecule has 0 aliphatic rings. The van der Waals surface area contributed by atoms with E-state index in [2.05, 4.69) is 229 Å². The van der Waals surface area contributed by atoms with Gasteiger partial charge in [0.05, 0.1) is 5.69 Å². The quantitative estimate of drug-likeness (QED) is 0.154. The molecular weight excluding hydrogens is 687 g/mol. The van der Waals surface area contributed by atoms with Crippen LogP contribution in [0.25, 0.3) is 87.2 Å². The fourth-order valence-corrected chi connectivity index (χ4v) is 8.94. The van der Waals surface area contributed by atoms with Crippen LogP contribution in [0.1, 0.15) is 0 Å². The smallest absolute Gasteiger partial charge is 0.0540 e. The van der Waals surface area contributed by atoms with Gasteiger partial charge in [-0.25, -0.2) is 0 Å². The summed E-state index contributed by atoms with van der Waals surface area (Å²) >= 11 is 0. The molecule has 0 saturated heterocycles. The van der Waals surface area contributed by atoms with E-state index in [4.69, 9.17) is 0 Å². The molecule has 0 radical (unpaired) electrons. The zero-order chi connectivity index (χ0) is 37.7. The molecule has 0 aliphatic carbocycles. The van der Waals surface area contributed by atoms with Gasteiger partial charge in [-0.3, -0.25) is 0 Å². The Bertz CT molecular complexity index is 3270. The van der Waals surface area contributed by atoms with Crippen molar-refractivity contribution in [3.05, 3.63) is 224 Å². The van der Waals surface area contributed by atoms with Gasteiger partial charge >= 0.3 is 0 Å². The van der Waals surface area contributed by atoms with Gasteiger partial charge in [-0.2, -0.15) is 0 Å². The zero-order valence-corrected chi connectivity index (χ0v) is 31.3. The number of hydrogen-bond donors (Lipinski definition) is 0. The van der Waals surface area contributed by atoms with E-state index in [0.29, 0.717) is 0 Å². The number of fused-ring (bicyclic) bond motifs is 7. The van der Waals surface area contributed by atoms with Crippen molar-refractivity contribution in [1.29, 1.82) is 0 Å². The molecule has 1 heteroatoms. The second kappa shape index (κ2) is 13.7. The predicted molar refractivity (Wildman–Crippen MR) is 245 cm³/mol. The van der Waals surface area contributed by atoms with Gasteiger partial charge < -0.3 is 4.90 Å². The number of anilines is 3. The molecule has 11 aromatic rings. The van der Waals surface area contributed by atoms with E-state index in [1.165, 1.54) is 87.2 Å². The number of hydrogen-bond acceptors (Lipinski definition) is 1. The zero-order valence-electron chi connectivity index (χ0n) is 31.3. The highest BCUT2D eigenvalue weighted by Crippen LogP contribution is 2.45. The Hall–Kier alpha value is -7.48. The maximum atomic E-state index is 2.42. The molecule has 0 spiro atoms. The van der Waals surface area contributed by atoms with Gasteiger partial charge in [-0.05, 0) is 118 Å². The van der Waals surface area contributed by atoms with Crippen LogP contribution in [0.3, 0.4) is 0 Å². The van der Waals surface area contributed by atoms with Crippen molar-refractivity contribution in [2.75, 3.05) is 4.90 Å². The van der Waals surface area contributed by atoms with Crippen LogP contribution in [0.2, 0.25) is 0 Å². The van der Waals surface area contributed by atoms with Crippen molar-refractivity contribution in [1.82, 2.24) is 0 Å². The molecule has 0 unspecified atom stereocenters. The molecule has 0 saturated carbocycles. The minimum atomic E-state index is 1.10. The van der Waals surface area contributed by atoms with Crippen LogP contribution < -0.4 is 4.90 Å². The maximum Gasteiger partial charge on any atom is 0.0540 e. The summed E-state index contributed by atoms with van der Waals surface area (Å²) in [6.45, 7) is 0. The minimum absolute atomic E-state index is 1.10. The van der Waals surface area contributed by atoms with Crippen molar-refractivity contribution in [2.45, 2.75) is 0 Å². The Morgan fingerprint density at radius 3 is 1.33 bits per heavy atom. The standard InChI is InChI=1S/C56H37N/c1-4-18-45-38(13-1)16-11-24-46(45)41-27-32-43(33-28-41)57(56-26-10-9-23-53(56)49-25-12-17-39-14-2-5-19-47(39)49)44-34-29-42(30-35-44)54-37-55-48-20-6-3-15-40(48)31-36-52(55)50-21-7-8-22-51(50)54/h1-37H. The van der Waals surface area contributed by atoms with E-state index in [0.717, 1.165) is 17.1 Å². The van der Waals surface area contributed by atoms with Crippen molar-refractivity contribution in [3.8, 4) is 33.4 Å². The van der Waals surface area contributed by atoms with Gasteiger partial charge in [-0.15, -0.1) is 0 Å². The van der Waals surface area contributed by atoms with E-state index in [1.54, 1.807) is 0 Å². The maximum absolute atomic E-state index is 2.42. The molecule has 11 rings (SSSR count). The third-order valence-electron chi connectivity index (χ3n) is 11.7. The number of nitrogens with zero attached hydrogens (tertiary/aromatic N) is 1. The summed E-state index contributed by atoms with van der Waals surface area (Å²) in [5.41, 5.74) is 10.6. The highest BCUT2D eigenvalue weighted by Gasteiger charge is 2.19. The molecule has 0 bridgehead atoms. The normalized spacial score (nSPS) is 11.5. The molecule has 0 aromatic heterocycles. The lowest BCUT2D eigenvalue weighted by Gasteiger charge is -2.28. The van der Waals surface area contributed by atoms with E-state index in [-0.39, 0.29) is 0 Å². The van der Waals surface area contributed by atoms with Crippen LogP contribution >= 0.6 is 0 Å². The van der Waals surface area contributed by atoms with Crippen LogP contribution in [0.15, 0.2) is 224 Å². The third kappa shape index (κ3) is 5.63. The lowest BCUT2D eigenvalue weighted by Crippen LogP contribution is -2.11. The number of rotatable bonds is 6. The van der Waals surface area contributed by atoms with Crippen molar-refractivity contribution in [2.24, 2.45) is 0 Å². The highest BCUT2D eigenvalue weighted by molar-refractivity contribution is 6.21. The van der Waals surface area contributed by atoms with E-state index >= 15 is 0 Å². The average molecular weight is 724 g/mol. The van der Waals surface area contributed by atoms with Gasteiger partial charge in [-0.1, -0.05) is 188 Å². The second-order valence-electron chi connectivity index (χ2n) is 14.9. The number of benzene rings is 11. The molecule has 57 heavy (non-hydrogen) atoms. The highest BCUT2D eigenvalue weighted by atomic mass is 15.1. The summed E-state index contributed by atoms with van der Waals surface area (Å²) in [6.07, 6.45) is 0. The molecule has 0 aliphatic heterocycles. The summed E-state index contributed by atoms with van der Waals surface area (Å²) in [5, 5.41) is 12.6. The first-order valence-electron chi connectivity index (χ1n) is 19.7. The largest absolute Gasteiger partial charge is 0.310 e. The molecule has 1 nitrogen and oxygen atoms in total. The predicted octanol–water partition coefficient (Wildman–Crippen LogP) is 15.9. The first-order chi connectivity index (χ1) is 28.3. The lowest BCUT2D eigenvalue weighted by atomic mass is 9.91. The minimum Gasteiger partial charge on any atom is -0.310 e. The van der Waals surface area contributed by atoms with Crippen molar-refractivity contribution in [3.63, 3.8) is 0 Å². The molecule has 0 amide bonds. The molecule has 0 atom stereocenters. The van der Waals surface area contributed by atoms with Crippen LogP contribution in [0, 0.1) is 0 Å². The molecule has 0 heterocycles. The number of para-hydroxylation sites is 1. The van der Waals surface area contributed by atoms with Crippen LogP contribution in [-0.4, -0.2) is 0 Å². The Morgan fingerprint density at radius 2 is 0.667 bits per heavy atom. The summed E-state index contributed by atoms with van der Waals surface area (Å²) in [5.74, 6) is 0. The van der Waals surface area contributed by atoms with Crippen molar-refractivity contribution < 1.29 is 0 Å². The van der Waals surface area contributed by atoms with Gasteiger partial charge in [0.25, 0.3) is 0 Å². The SMILES string of the molecule is c1ccc(N(c2ccc(-c3cccc4ccccc34)cc2)c2ccc(-c3cc4c5ccccc5ccc4c4ccccc34)cc2)c(-c2cccc3ccccc23)c1. The van der Waals surface area contributed by atoms with E-state index in [1.807, 2.05) is 0 Å². The van der Waals surface area contributed by atoms with Crippen LogP contribution in [-0.2, 0) is 0 Å². The van der Waals surface area contributed by atoms with Crippen LogP contribution in [0.4, 0.5) is 17.1 Å².